The van der Waals surface area contributed by atoms with Crippen molar-refractivity contribution in [3.8, 4) is 0 Å². The highest BCUT2D eigenvalue weighted by Gasteiger charge is 2.23. The van der Waals surface area contributed by atoms with Gasteiger partial charge in [-0.1, -0.05) is 39.5 Å². The third kappa shape index (κ3) is 3.91. The van der Waals surface area contributed by atoms with E-state index in [1.165, 1.54) is 23.4 Å². The highest BCUT2D eigenvalue weighted by Crippen LogP contribution is 2.29. The lowest BCUT2D eigenvalue weighted by molar-refractivity contribution is 0.539. The number of hydrogen-bond donors (Lipinski definition) is 0. The third-order valence-electron chi connectivity index (χ3n) is 4.36. The first-order valence-corrected chi connectivity index (χ1v) is 11.0. The van der Waals surface area contributed by atoms with Crippen molar-refractivity contribution in [1.82, 2.24) is 24.1 Å². The summed E-state index contributed by atoms with van der Waals surface area (Å²) in [5.74, 6) is 1.22. The van der Waals surface area contributed by atoms with Gasteiger partial charge in [0.2, 0.25) is 0 Å². The Bertz CT molecular complexity index is 1140. The van der Waals surface area contributed by atoms with Crippen molar-refractivity contribution < 1.29 is 0 Å². The molecule has 3 aromatic heterocycles. The molecule has 0 unspecified atom stereocenters. The van der Waals surface area contributed by atoms with E-state index in [1.807, 2.05) is 20.8 Å². The lowest BCUT2D eigenvalue weighted by Gasteiger charge is -2.19. The molecule has 7 nitrogen and oxygen atoms in total. The summed E-state index contributed by atoms with van der Waals surface area (Å²) in [4.78, 5) is 39.1. The third-order valence-corrected chi connectivity index (χ3v) is 6.32. The van der Waals surface area contributed by atoms with Gasteiger partial charge in [0.1, 0.15) is 16.2 Å². The molecule has 3 rings (SSSR count). The topological polar surface area (TPSA) is 82.7 Å². The van der Waals surface area contributed by atoms with Crippen LogP contribution in [-0.4, -0.2) is 24.1 Å². The number of hydrogen-bond acceptors (Lipinski definition) is 7. The molecule has 0 saturated heterocycles. The minimum atomic E-state index is -0.393. The van der Waals surface area contributed by atoms with Crippen LogP contribution in [0.15, 0.2) is 20.0 Å². The normalized spacial score (nSPS) is 12.1. The molecular weight excluding hydrogens is 394 g/mol. The van der Waals surface area contributed by atoms with E-state index in [2.05, 4.69) is 22.3 Å². The summed E-state index contributed by atoms with van der Waals surface area (Å²) in [6.45, 7) is 8.18. The Morgan fingerprint density at radius 1 is 1.11 bits per heavy atom. The number of rotatable bonds is 5. The van der Waals surface area contributed by atoms with Gasteiger partial charge >= 0.3 is 5.69 Å². The maximum Gasteiger partial charge on any atom is 0.332 e. The fraction of sp³-hybridized carbons (Fsp3) is 0.526. The lowest BCUT2D eigenvalue weighted by atomic mass is 9.96. The second-order valence-corrected chi connectivity index (χ2v) is 9.68. The minimum Gasteiger partial charge on any atom is -0.280 e. The molecule has 150 valence electrons. The number of thiazole rings is 1. The molecular formula is C19H25N5O2S2. The van der Waals surface area contributed by atoms with Gasteiger partial charge in [0, 0.05) is 30.6 Å². The molecule has 0 fully saturated rings. The highest BCUT2D eigenvalue weighted by molar-refractivity contribution is 7.98. The summed E-state index contributed by atoms with van der Waals surface area (Å²) in [5.41, 5.74) is 0.279. The first kappa shape index (κ1) is 20.7. The summed E-state index contributed by atoms with van der Waals surface area (Å²) in [6.07, 6.45) is 2.04. The number of aromatic nitrogens is 5. The van der Waals surface area contributed by atoms with Gasteiger partial charge in [0.05, 0.1) is 10.7 Å². The molecule has 9 heteroatoms. The van der Waals surface area contributed by atoms with Crippen LogP contribution >= 0.6 is 23.1 Å². The fourth-order valence-corrected chi connectivity index (χ4v) is 4.67. The molecule has 0 saturated carbocycles. The largest absolute Gasteiger partial charge is 0.332 e. The molecule has 28 heavy (non-hydrogen) atoms. The maximum absolute atomic E-state index is 12.8. The zero-order valence-corrected chi connectivity index (χ0v) is 18.7. The Labute approximate surface area is 171 Å². The van der Waals surface area contributed by atoms with Crippen LogP contribution in [0.3, 0.4) is 0 Å². The SMILES string of the molecule is CCCc1nc(CSc2nc(C(C)(C)C)nc3c2c(=O)n(C)c(=O)n3C)cs1. The van der Waals surface area contributed by atoms with Gasteiger partial charge in [0.25, 0.3) is 5.56 Å². The zero-order chi connectivity index (χ0) is 20.6. The van der Waals surface area contributed by atoms with Gasteiger partial charge in [-0.15, -0.1) is 11.3 Å². The summed E-state index contributed by atoms with van der Waals surface area (Å²) < 4.78 is 2.52. The lowest BCUT2D eigenvalue weighted by Crippen LogP contribution is -2.38. The van der Waals surface area contributed by atoms with Crippen molar-refractivity contribution in [3.63, 3.8) is 0 Å². The van der Waals surface area contributed by atoms with Crippen LogP contribution in [0.25, 0.3) is 11.0 Å². The number of aryl methyl sites for hydroxylation is 2. The molecule has 0 atom stereocenters. The predicted molar refractivity (Wildman–Crippen MR) is 114 cm³/mol. The summed E-state index contributed by atoms with van der Waals surface area (Å²) >= 11 is 3.13. The van der Waals surface area contributed by atoms with Gasteiger partial charge in [-0.2, -0.15) is 0 Å². The van der Waals surface area contributed by atoms with Crippen LogP contribution < -0.4 is 11.2 Å². The van der Waals surface area contributed by atoms with Crippen LogP contribution in [0.1, 0.15) is 50.6 Å². The molecule has 0 aliphatic heterocycles. The molecule has 3 aromatic rings. The number of nitrogens with zero attached hydrogens (tertiary/aromatic N) is 5. The molecule has 0 bridgehead atoms. The van der Waals surface area contributed by atoms with E-state index in [4.69, 9.17) is 4.98 Å². The average Bonchev–Trinajstić information content (AvgIpc) is 3.09. The van der Waals surface area contributed by atoms with Gasteiger partial charge in [0.15, 0.2) is 5.65 Å². The van der Waals surface area contributed by atoms with Crippen LogP contribution in [-0.2, 0) is 31.7 Å². The van der Waals surface area contributed by atoms with E-state index in [1.54, 1.807) is 18.4 Å². The van der Waals surface area contributed by atoms with Crippen molar-refractivity contribution in [2.24, 2.45) is 14.1 Å². The van der Waals surface area contributed by atoms with Crippen LogP contribution in [0.4, 0.5) is 0 Å². The monoisotopic (exact) mass is 419 g/mol. The Hall–Kier alpha value is -2.00. The Balaban J connectivity index is 2.13. The Kier molecular flexibility index (Phi) is 5.77. The van der Waals surface area contributed by atoms with E-state index in [9.17, 15) is 9.59 Å². The van der Waals surface area contributed by atoms with Gasteiger partial charge in [-0.3, -0.25) is 13.9 Å². The number of fused-ring (bicyclic) bond motifs is 1. The fourth-order valence-electron chi connectivity index (χ4n) is 2.75. The van der Waals surface area contributed by atoms with Crippen LogP contribution in [0, 0.1) is 0 Å². The first-order valence-electron chi connectivity index (χ1n) is 9.17. The molecule has 3 heterocycles. The van der Waals surface area contributed by atoms with Gasteiger partial charge in [-0.25, -0.2) is 19.7 Å². The van der Waals surface area contributed by atoms with E-state index < -0.39 is 5.69 Å². The quantitative estimate of drug-likeness (QED) is 0.467. The van der Waals surface area contributed by atoms with Crippen LogP contribution in [0.5, 0.6) is 0 Å². The Morgan fingerprint density at radius 2 is 1.82 bits per heavy atom. The van der Waals surface area contributed by atoms with E-state index in [-0.39, 0.29) is 11.0 Å². The molecule has 0 N–H and O–H groups in total. The standard InChI is InChI=1S/C19H25N5O2S2/c1-7-8-12-20-11(9-27-12)10-28-15-13-14(21-17(22-15)19(2,3)4)23(5)18(26)24(6)16(13)25/h9H,7-8,10H2,1-6H3. The Morgan fingerprint density at radius 3 is 2.46 bits per heavy atom. The van der Waals surface area contributed by atoms with E-state index in [0.29, 0.717) is 27.6 Å². The molecule has 0 aliphatic rings. The van der Waals surface area contributed by atoms with Crippen molar-refractivity contribution in [1.29, 1.82) is 0 Å². The van der Waals surface area contributed by atoms with Crippen LogP contribution in [0.2, 0.25) is 0 Å². The summed E-state index contributed by atoms with van der Waals surface area (Å²) in [5, 5.41) is 4.15. The second kappa shape index (κ2) is 7.79. The second-order valence-electron chi connectivity index (χ2n) is 7.78. The maximum atomic E-state index is 12.8. The van der Waals surface area contributed by atoms with Crippen molar-refractivity contribution >= 4 is 34.1 Å². The average molecular weight is 420 g/mol. The molecule has 0 spiro atoms. The molecule has 0 amide bonds. The number of thioether (sulfide) groups is 1. The van der Waals surface area contributed by atoms with E-state index in [0.717, 1.165) is 28.1 Å². The summed E-state index contributed by atoms with van der Waals surface area (Å²) in [6, 6.07) is 0. The first-order chi connectivity index (χ1) is 13.1. The van der Waals surface area contributed by atoms with E-state index >= 15 is 0 Å². The van der Waals surface area contributed by atoms with Crippen molar-refractivity contribution in [3.05, 3.63) is 42.7 Å². The summed E-state index contributed by atoms with van der Waals surface area (Å²) in [7, 11) is 3.11. The molecule has 0 radical (unpaired) electrons. The molecule has 0 aromatic carbocycles. The highest BCUT2D eigenvalue weighted by atomic mass is 32.2. The zero-order valence-electron chi connectivity index (χ0n) is 17.1. The van der Waals surface area contributed by atoms with Gasteiger partial charge in [-0.05, 0) is 12.8 Å². The predicted octanol–water partition coefficient (Wildman–Crippen LogP) is 3.03. The minimum absolute atomic E-state index is 0.310. The van der Waals surface area contributed by atoms with Crippen molar-refractivity contribution in [2.75, 3.05) is 0 Å². The van der Waals surface area contributed by atoms with Crippen molar-refractivity contribution in [2.45, 2.75) is 56.7 Å². The molecule has 0 aliphatic carbocycles. The smallest absolute Gasteiger partial charge is 0.280 e. The van der Waals surface area contributed by atoms with Gasteiger partial charge < -0.3 is 0 Å².